The van der Waals surface area contributed by atoms with Crippen molar-refractivity contribution < 1.29 is 4.79 Å². The summed E-state index contributed by atoms with van der Waals surface area (Å²) in [5.74, 6) is -0.0830. The van der Waals surface area contributed by atoms with Gasteiger partial charge >= 0.3 is 5.69 Å². The molecule has 1 heterocycles. The van der Waals surface area contributed by atoms with Crippen LogP contribution in [-0.4, -0.2) is 28.0 Å². The fourth-order valence-electron chi connectivity index (χ4n) is 1.50. The molecule has 0 saturated carbocycles. The number of nitrogens with zero attached hydrogens (tertiary/aromatic N) is 1. The van der Waals surface area contributed by atoms with E-state index in [1.165, 1.54) is 7.05 Å². The first-order valence-corrected chi connectivity index (χ1v) is 5.95. The van der Waals surface area contributed by atoms with E-state index in [-0.39, 0.29) is 36.4 Å². The third-order valence-corrected chi connectivity index (χ3v) is 2.47. The molecule has 0 bridgehead atoms. The number of hydrogen-bond acceptors (Lipinski definition) is 5. The van der Waals surface area contributed by atoms with Gasteiger partial charge in [-0.1, -0.05) is 0 Å². The number of amides is 1. The minimum Gasteiger partial charge on any atom is -0.383 e. The maximum atomic E-state index is 11.6. The quantitative estimate of drug-likeness (QED) is 0.545. The van der Waals surface area contributed by atoms with Gasteiger partial charge in [-0.2, -0.15) is 0 Å². The molecule has 0 aliphatic heterocycles. The molecule has 0 atom stereocenters. The molecule has 0 aliphatic carbocycles. The van der Waals surface area contributed by atoms with Crippen molar-refractivity contribution >= 4 is 17.4 Å². The number of nitrogen functional groups attached to an aromatic ring is 1. The summed E-state index contributed by atoms with van der Waals surface area (Å²) in [4.78, 5) is 36.3. The standard InChI is InChI=1S/C11H19N5O3/c1-6(2)14-7(17)4-5-13-8-9(12)16(3)11(19)15-10(8)18/h6,13H,4-5,12H2,1-3H3,(H,14,17)(H,15,18,19). The second-order valence-corrected chi connectivity index (χ2v) is 4.48. The van der Waals surface area contributed by atoms with E-state index in [0.29, 0.717) is 0 Å². The van der Waals surface area contributed by atoms with E-state index in [9.17, 15) is 14.4 Å². The lowest BCUT2D eigenvalue weighted by Crippen LogP contribution is -2.34. The Morgan fingerprint density at radius 2 is 2.05 bits per heavy atom. The molecule has 8 heteroatoms. The van der Waals surface area contributed by atoms with Gasteiger partial charge in [0.2, 0.25) is 5.91 Å². The first-order valence-electron chi connectivity index (χ1n) is 5.95. The van der Waals surface area contributed by atoms with Crippen LogP contribution in [0.4, 0.5) is 11.5 Å². The molecule has 8 nitrogen and oxygen atoms in total. The topological polar surface area (TPSA) is 122 Å². The van der Waals surface area contributed by atoms with Crippen LogP contribution in [0.1, 0.15) is 20.3 Å². The molecule has 0 fully saturated rings. The predicted octanol–water partition coefficient (Wildman–Crippen LogP) is -1.02. The maximum absolute atomic E-state index is 11.6. The summed E-state index contributed by atoms with van der Waals surface area (Å²) in [6.07, 6.45) is 0.208. The van der Waals surface area contributed by atoms with E-state index >= 15 is 0 Å². The first kappa shape index (κ1) is 14.8. The van der Waals surface area contributed by atoms with Crippen LogP contribution in [0.3, 0.4) is 0 Å². The van der Waals surface area contributed by atoms with Crippen LogP contribution >= 0.6 is 0 Å². The fraction of sp³-hybridized carbons (Fsp3) is 0.545. The lowest BCUT2D eigenvalue weighted by Gasteiger charge is -2.11. The minimum absolute atomic E-state index is 0.0398. The number of aromatic nitrogens is 2. The highest BCUT2D eigenvalue weighted by Gasteiger charge is 2.10. The Balaban J connectivity index is 2.70. The van der Waals surface area contributed by atoms with Crippen LogP contribution in [0, 0.1) is 0 Å². The van der Waals surface area contributed by atoms with Crippen molar-refractivity contribution in [3.8, 4) is 0 Å². The number of carbonyl (C=O) groups is 1. The van der Waals surface area contributed by atoms with E-state index in [1.54, 1.807) is 0 Å². The Labute approximate surface area is 110 Å². The van der Waals surface area contributed by atoms with Gasteiger partial charge in [0.1, 0.15) is 11.5 Å². The third kappa shape index (κ3) is 3.87. The average molecular weight is 269 g/mol. The van der Waals surface area contributed by atoms with E-state index in [0.717, 1.165) is 4.57 Å². The number of carbonyl (C=O) groups excluding carboxylic acids is 1. The summed E-state index contributed by atoms with van der Waals surface area (Å²) in [5, 5.41) is 5.49. The highest BCUT2D eigenvalue weighted by molar-refractivity contribution is 5.76. The smallest absolute Gasteiger partial charge is 0.329 e. The van der Waals surface area contributed by atoms with Crippen LogP contribution < -0.4 is 27.6 Å². The van der Waals surface area contributed by atoms with Gasteiger partial charge < -0.3 is 16.4 Å². The summed E-state index contributed by atoms with van der Waals surface area (Å²) in [6.45, 7) is 3.98. The summed E-state index contributed by atoms with van der Waals surface area (Å²) >= 11 is 0. The zero-order chi connectivity index (χ0) is 14.6. The third-order valence-electron chi connectivity index (χ3n) is 2.47. The summed E-state index contributed by atoms with van der Waals surface area (Å²) < 4.78 is 1.12. The summed E-state index contributed by atoms with van der Waals surface area (Å²) in [6, 6.07) is 0.0681. The molecule has 19 heavy (non-hydrogen) atoms. The number of nitrogens with two attached hydrogens (primary N) is 1. The first-order chi connectivity index (χ1) is 8.82. The Kier molecular flexibility index (Phi) is 4.74. The number of aromatic amines is 1. The van der Waals surface area contributed by atoms with Crippen LogP contribution in [0.25, 0.3) is 0 Å². The Morgan fingerprint density at radius 1 is 1.42 bits per heavy atom. The molecule has 1 aromatic heterocycles. The van der Waals surface area contributed by atoms with Crippen molar-refractivity contribution in [1.82, 2.24) is 14.9 Å². The number of hydrogen-bond donors (Lipinski definition) is 4. The highest BCUT2D eigenvalue weighted by Crippen LogP contribution is 2.07. The molecule has 0 saturated heterocycles. The van der Waals surface area contributed by atoms with E-state index in [1.807, 2.05) is 13.8 Å². The second kappa shape index (κ2) is 6.07. The summed E-state index contributed by atoms with van der Waals surface area (Å²) in [7, 11) is 1.45. The van der Waals surface area contributed by atoms with Crippen molar-refractivity contribution in [2.45, 2.75) is 26.3 Å². The maximum Gasteiger partial charge on any atom is 0.329 e. The fourth-order valence-corrected chi connectivity index (χ4v) is 1.50. The lowest BCUT2D eigenvalue weighted by atomic mass is 10.3. The van der Waals surface area contributed by atoms with E-state index < -0.39 is 11.2 Å². The molecule has 0 aliphatic rings. The molecule has 0 spiro atoms. The van der Waals surface area contributed by atoms with Gasteiger partial charge in [-0.15, -0.1) is 0 Å². The monoisotopic (exact) mass is 269 g/mol. The van der Waals surface area contributed by atoms with Crippen LogP contribution in [0.15, 0.2) is 9.59 Å². The van der Waals surface area contributed by atoms with Gasteiger partial charge in [0.25, 0.3) is 5.56 Å². The molecule has 106 valence electrons. The van der Waals surface area contributed by atoms with Gasteiger partial charge in [-0.25, -0.2) is 4.79 Å². The van der Waals surface area contributed by atoms with Crippen molar-refractivity contribution in [2.24, 2.45) is 7.05 Å². The molecule has 5 N–H and O–H groups in total. The zero-order valence-corrected chi connectivity index (χ0v) is 11.2. The second-order valence-electron chi connectivity index (χ2n) is 4.48. The molecule has 0 unspecified atom stereocenters. The molecule has 1 amide bonds. The largest absolute Gasteiger partial charge is 0.383 e. The minimum atomic E-state index is -0.593. The van der Waals surface area contributed by atoms with Gasteiger partial charge in [0.15, 0.2) is 0 Å². The number of H-pyrrole nitrogens is 1. The zero-order valence-electron chi connectivity index (χ0n) is 11.2. The van der Waals surface area contributed by atoms with E-state index in [4.69, 9.17) is 5.73 Å². The van der Waals surface area contributed by atoms with Crippen molar-refractivity contribution in [2.75, 3.05) is 17.6 Å². The molecular formula is C11H19N5O3. The number of rotatable bonds is 5. The van der Waals surface area contributed by atoms with Crippen molar-refractivity contribution in [1.29, 1.82) is 0 Å². The average Bonchev–Trinajstić information content (AvgIpc) is 2.30. The van der Waals surface area contributed by atoms with Crippen molar-refractivity contribution in [3.05, 3.63) is 20.8 Å². The molecule has 1 aromatic rings. The van der Waals surface area contributed by atoms with E-state index in [2.05, 4.69) is 15.6 Å². The molecular weight excluding hydrogens is 250 g/mol. The predicted molar refractivity (Wildman–Crippen MR) is 73.1 cm³/mol. The Hall–Kier alpha value is -2.25. The Morgan fingerprint density at radius 3 is 2.63 bits per heavy atom. The molecule has 0 radical (unpaired) electrons. The van der Waals surface area contributed by atoms with Gasteiger partial charge in [-0.05, 0) is 13.8 Å². The lowest BCUT2D eigenvalue weighted by molar-refractivity contribution is -0.121. The van der Waals surface area contributed by atoms with Crippen LogP contribution in [0.2, 0.25) is 0 Å². The molecule has 1 rings (SSSR count). The summed E-state index contributed by atoms with van der Waals surface area (Å²) in [5.41, 5.74) is 4.59. The van der Waals surface area contributed by atoms with Gasteiger partial charge in [0, 0.05) is 26.1 Å². The highest BCUT2D eigenvalue weighted by atomic mass is 16.2. The van der Waals surface area contributed by atoms with Crippen molar-refractivity contribution in [3.63, 3.8) is 0 Å². The number of nitrogens with one attached hydrogen (secondary N) is 3. The number of anilines is 2. The van der Waals surface area contributed by atoms with Gasteiger partial charge in [0.05, 0.1) is 0 Å². The van der Waals surface area contributed by atoms with Gasteiger partial charge in [-0.3, -0.25) is 19.1 Å². The molecule has 0 aromatic carbocycles. The SMILES string of the molecule is CC(C)NC(=O)CCNc1c(N)n(C)c(=O)[nH]c1=O. The Bertz CT molecular complexity index is 573. The van der Waals surface area contributed by atoms with Crippen LogP contribution in [0.5, 0.6) is 0 Å². The normalized spacial score (nSPS) is 10.5. The van der Waals surface area contributed by atoms with Crippen LogP contribution in [-0.2, 0) is 11.8 Å².